The van der Waals surface area contributed by atoms with E-state index in [0.29, 0.717) is 6.07 Å². The average Bonchev–Trinajstić information content (AvgIpc) is 2.52. The lowest BCUT2D eigenvalue weighted by molar-refractivity contribution is -0.124. The highest BCUT2D eigenvalue weighted by Crippen LogP contribution is 2.22. The highest BCUT2D eigenvalue weighted by Gasteiger charge is 2.19. The maximum Gasteiger partial charge on any atom is 0.258 e. The zero-order valence-corrected chi connectivity index (χ0v) is 13.4. The van der Waals surface area contributed by atoms with Crippen LogP contribution >= 0.6 is 0 Å². The minimum atomic E-state index is -0.873. The van der Waals surface area contributed by atoms with Gasteiger partial charge in [0.05, 0.1) is 6.04 Å². The molecule has 0 saturated carbocycles. The Balaban J connectivity index is 1.99. The summed E-state index contributed by atoms with van der Waals surface area (Å²) in [7, 11) is 0. The molecule has 128 valence electrons. The third-order valence-corrected chi connectivity index (χ3v) is 3.46. The van der Waals surface area contributed by atoms with E-state index in [0.717, 1.165) is 17.7 Å². The van der Waals surface area contributed by atoms with Gasteiger partial charge in [-0.1, -0.05) is 26.0 Å². The van der Waals surface area contributed by atoms with Gasteiger partial charge in [-0.3, -0.25) is 4.79 Å². The van der Waals surface area contributed by atoms with Crippen LogP contribution in [0, 0.1) is 23.4 Å². The van der Waals surface area contributed by atoms with Crippen molar-refractivity contribution in [1.82, 2.24) is 5.32 Å². The van der Waals surface area contributed by atoms with Crippen molar-refractivity contribution in [3.05, 3.63) is 65.5 Å². The number of hydrogen-bond donors (Lipinski definition) is 1. The Bertz CT molecular complexity index is 702. The van der Waals surface area contributed by atoms with Crippen molar-refractivity contribution in [2.24, 2.45) is 5.92 Å². The summed E-state index contributed by atoms with van der Waals surface area (Å²) in [6, 6.07) is 8.36. The van der Waals surface area contributed by atoms with Crippen molar-refractivity contribution in [2.45, 2.75) is 19.9 Å². The first-order valence-corrected chi connectivity index (χ1v) is 7.49. The van der Waals surface area contributed by atoms with Crippen molar-refractivity contribution < 1.29 is 22.7 Å². The fourth-order valence-electron chi connectivity index (χ4n) is 2.26. The van der Waals surface area contributed by atoms with E-state index in [-0.39, 0.29) is 23.5 Å². The van der Waals surface area contributed by atoms with E-state index in [1.807, 2.05) is 13.8 Å². The predicted octanol–water partition coefficient (Wildman–Crippen LogP) is 4.00. The molecule has 24 heavy (non-hydrogen) atoms. The summed E-state index contributed by atoms with van der Waals surface area (Å²) in [6.07, 6.45) is 0. The molecule has 3 nitrogen and oxygen atoms in total. The Kier molecular flexibility index (Phi) is 5.84. The number of hydrogen-bond acceptors (Lipinski definition) is 2. The molecule has 2 aromatic carbocycles. The molecule has 0 fully saturated rings. The predicted molar refractivity (Wildman–Crippen MR) is 84.0 cm³/mol. The van der Waals surface area contributed by atoms with Gasteiger partial charge in [0.1, 0.15) is 11.6 Å². The van der Waals surface area contributed by atoms with Crippen LogP contribution in [0.1, 0.15) is 25.5 Å². The maximum atomic E-state index is 13.5. The van der Waals surface area contributed by atoms with Crippen LogP contribution in [-0.2, 0) is 4.79 Å². The molecule has 0 aromatic heterocycles. The standard InChI is InChI=1S/C18H18F3NO2/c1-11(2)18(12-3-5-13(19)6-4-12)22-17(23)10-24-16-8-7-14(20)9-15(16)21/h3-9,11,18H,10H2,1-2H3,(H,22,23). The third-order valence-electron chi connectivity index (χ3n) is 3.46. The van der Waals surface area contributed by atoms with Gasteiger partial charge in [-0.25, -0.2) is 13.2 Å². The van der Waals surface area contributed by atoms with E-state index >= 15 is 0 Å². The van der Waals surface area contributed by atoms with Gasteiger partial charge in [0.15, 0.2) is 18.2 Å². The van der Waals surface area contributed by atoms with Gasteiger partial charge in [-0.15, -0.1) is 0 Å². The molecule has 1 N–H and O–H groups in total. The van der Waals surface area contributed by atoms with Crippen LogP contribution in [0.2, 0.25) is 0 Å². The summed E-state index contributed by atoms with van der Waals surface area (Å²) in [4.78, 5) is 12.0. The minimum absolute atomic E-state index is 0.0574. The molecule has 0 spiro atoms. The van der Waals surface area contributed by atoms with Gasteiger partial charge in [-0.2, -0.15) is 0 Å². The summed E-state index contributed by atoms with van der Waals surface area (Å²) in [6.45, 7) is 3.41. The first-order valence-electron chi connectivity index (χ1n) is 7.49. The quantitative estimate of drug-likeness (QED) is 0.865. The Morgan fingerprint density at radius 3 is 2.25 bits per heavy atom. The smallest absolute Gasteiger partial charge is 0.258 e. The SMILES string of the molecule is CC(C)C(NC(=O)COc1ccc(F)cc1F)c1ccc(F)cc1. The summed E-state index contributed by atoms with van der Waals surface area (Å²) in [5.74, 6) is -2.55. The molecular formula is C18H18F3NO2. The molecule has 0 saturated heterocycles. The second-order valence-electron chi connectivity index (χ2n) is 5.70. The summed E-state index contributed by atoms with van der Waals surface area (Å²) >= 11 is 0. The fraction of sp³-hybridized carbons (Fsp3) is 0.278. The first kappa shape index (κ1) is 17.8. The van der Waals surface area contributed by atoms with Gasteiger partial charge in [0, 0.05) is 6.07 Å². The van der Waals surface area contributed by atoms with Crippen molar-refractivity contribution in [1.29, 1.82) is 0 Å². The molecule has 0 heterocycles. The van der Waals surface area contributed by atoms with Crippen LogP contribution in [-0.4, -0.2) is 12.5 Å². The number of ether oxygens (including phenoxy) is 1. The van der Waals surface area contributed by atoms with E-state index in [1.54, 1.807) is 12.1 Å². The summed E-state index contributed by atoms with van der Waals surface area (Å²) in [5.41, 5.74) is 0.757. The van der Waals surface area contributed by atoms with Crippen molar-refractivity contribution in [2.75, 3.05) is 6.61 Å². The van der Waals surface area contributed by atoms with Gasteiger partial charge >= 0.3 is 0 Å². The molecule has 0 aliphatic carbocycles. The van der Waals surface area contributed by atoms with Crippen LogP contribution < -0.4 is 10.1 Å². The molecule has 2 aromatic rings. The van der Waals surface area contributed by atoms with Gasteiger partial charge in [0.25, 0.3) is 5.91 Å². The molecular weight excluding hydrogens is 319 g/mol. The molecule has 6 heteroatoms. The monoisotopic (exact) mass is 337 g/mol. The number of nitrogens with one attached hydrogen (secondary N) is 1. The van der Waals surface area contributed by atoms with Crippen LogP contribution in [0.3, 0.4) is 0 Å². The van der Waals surface area contributed by atoms with Gasteiger partial charge < -0.3 is 10.1 Å². The zero-order chi connectivity index (χ0) is 17.7. The Hall–Kier alpha value is -2.50. The fourth-order valence-corrected chi connectivity index (χ4v) is 2.26. The van der Waals surface area contributed by atoms with Crippen molar-refractivity contribution in [3.63, 3.8) is 0 Å². The molecule has 0 aliphatic heterocycles. The largest absolute Gasteiger partial charge is 0.481 e. The summed E-state index contributed by atoms with van der Waals surface area (Å²) < 4.78 is 44.4. The average molecular weight is 337 g/mol. The third kappa shape index (κ3) is 4.75. The maximum absolute atomic E-state index is 13.5. The molecule has 2 rings (SSSR count). The van der Waals surface area contributed by atoms with Crippen molar-refractivity contribution in [3.8, 4) is 5.75 Å². The van der Waals surface area contributed by atoms with E-state index in [1.165, 1.54) is 12.1 Å². The van der Waals surface area contributed by atoms with Crippen LogP contribution in [0.15, 0.2) is 42.5 Å². The number of amides is 1. The second-order valence-corrected chi connectivity index (χ2v) is 5.70. The molecule has 1 unspecified atom stereocenters. The topological polar surface area (TPSA) is 38.3 Å². The minimum Gasteiger partial charge on any atom is -0.481 e. The Morgan fingerprint density at radius 2 is 1.67 bits per heavy atom. The van der Waals surface area contributed by atoms with Crippen LogP contribution in [0.5, 0.6) is 5.75 Å². The number of rotatable bonds is 6. The number of halogens is 3. The molecule has 0 aliphatic rings. The number of carbonyl (C=O) groups excluding carboxylic acids is 1. The highest BCUT2D eigenvalue weighted by atomic mass is 19.1. The lowest BCUT2D eigenvalue weighted by atomic mass is 9.96. The Labute approximate surface area is 138 Å². The van der Waals surface area contributed by atoms with Crippen molar-refractivity contribution >= 4 is 5.91 Å². The zero-order valence-electron chi connectivity index (χ0n) is 13.4. The molecule has 0 bridgehead atoms. The normalized spacial score (nSPS) is 12.1. The van der Waals surface area contributed by atoms with Crippen LogP contribution in [0.25, 0.3) is 0 Å². The molecule has 1 atom stereocenters. The van der Waals surface area contributed by atoms with E-state index in [9.17, 15) is 18.0 Å². The lowest BCUT2D eigenvalue weighted by Gasteiger charge is -2.23. The van der Waals surface area contributed by atoms with E-state index in [4.69, 9.17) is 4.74 Å². The number of carbonyl (C=O) groups is 1. The van der Waals surface area contributed by atoms with Crippen LogP contribution in [0.4, 0.5) is 13.2 Å². The van der Waals surface area contributed by atoms with E-state index in [2.05, 4.69) is 5.32 Å². The molecule has 0 radical (unpaired) electrons. The Morgan fingerprint density at radius 1 is 1.04 bits per heavy atom. The first-order chi connectivity index (χ1) is 11.4. The van der Waals surface area contributed by atoms with Gasteiger partial charge in [-0.05, 0) is 35.7 Å². The molecule has 1 amide bonds. The summed E-state index contributed by atoms with van der Waals surface area (Å²) in [5, 5.41) is 2.77. The lowest BCUT2D eigenvalue weighted by Crippen LogP contribution is -2.35. The number of benzene rings is 2. The van der Waals surface area contributed by atoms with Gasteiger partial charge in [0.2, 0.25) is 0 Å². The second kappa shape index (κ2) is 7.86. The van der Waals surface area contributed by atoms with E-state index < -0.39 is 24.1 Å². The highest BCUT2D eigenvalue weighted by molar-refractivity contribution is 5.78.